The minimum Gasteiger partial charge on any atom is -0.367 e. The number of nitriles is 1. The zero-order valence-corrected chi connectivity index (χ0v) is 30.0. The van der Waals surface area contributed by atoms with Gasteiger partial charge in [-0.1, -0.05) is 6.07 Å². The molecule has 5 heterocycles. The summed E-state index contributed by atoms with van der Waals surface area (Å²) in [6.45, 7) is 13.1. The number of hydrogen-bond donors (Lipinski definition) is 1. The number of sulfonamides is 1. The molecule has 2 aliphatic rings. The third-order valence-corrected chi connectivity index (χ3v) is 12.8. The van der Waals surface area contributed by atoms with Gasteiger partial charge in [0, 0.05) is 80.2 Å². The Morgan fingerprint density at radius 3 is 2.43 bits per heavy atom. The van der Waals surface area contributed by atoms with E-state index in [-0.39, 0.29) is 22.7 Å². The van der Waals surface area contributed by atoms with Crippen molar-refractivity contribution in [1.82, 2.24) is 28.6 Å². The molecule has 1 N–H and O–H groups in total. The normalized spacial score (nSPS) is 18.3. The molecule has 15 heteroatoms. The van der Waals surface area contributed by atoms with Crippen LogP contribution in [-0.4, -0.2) is 100 Å². The fourth-order valence-corrected chi connectivity index (χ4v) is 9.30. The number of likely N-dealkylation sites (tertiary alicyclic amines) is 1. The Labute approximate surface area is 289 Å². The molecular formula is C34H43F3N8O2S2. The number of fused-ring (bicyclic) bond motifs is 2. The quantitative estimate of drug-likeness (QED) is 0.224. The zero-order chi connectivity index (χ0) is 35.1. The number of alkyl halides is 3. The van der Waals surface area contributed by atoms with Crippen LogP contribution in [0.4, 0.5) is 19.0 Å². The standard InChI is InChI=1S/C34H43F3N8O2S2/c1-5-49(46,47)44-14-12-43(13-15-44)22(2)20-45-27(19-38)16-29-23(3)25(6-7-31(29)45)21-42-10-8-26(9-11-42)41-32-30-17-28(18-34(35,36)37)48-33(30)40-24(4)39-32/h6-7,16-17,22,26H,5,8-15,18,20-21H2,1-4H3,(H,39,40,41)/t22-/m0/s1. The number of piperazine rings is 1. The van der Waals surface area contributed by atoms with E-state index in [4.69, 9.17) is 0 Å². The Hall–Kier alpha value is -3.29. The van der Waals surface area contributed by atoms with Gasteiger partial charge in [0.05, 0.1) is 17.6 Å². The van der Waals surface area contributed by atoms with Gasteiger partial charge in [0.1, 0.15) is 28.2 Å². The second-order valence-corrected chi connectivity index (χ2v) is 16.6. The number of anilines is 1. The van der Waals surface area contributed by atoms with Gasteiger partial charge in [-0.3, -0.25) is 9.80 Å². The van der Waals surface area contributed by atoms with Crippen molar-refractivity contribution in [2.75, 3.05) is 50.3 Å². The van der Waals surface area contributed by atoms with Crippen LogP contribution in [0.15, 0.2) is 24.3 Å². The van der Waals surface area contributed by atoms with E-state index in [1.54, 1.807) is 24.2 Å². The predicted molar refractivity (Wildman–Crippen MR) is 187 cm³/mol. The van der Waals surface area contributed by atoms with Gasteiger partial charge in [0.2, 0.25) is 10.0 Å². The number of thiophene rings is 1. The fourth-order valence-electron chi connectivity index (χ4n) is 7.11. The highest BCUT2D eigenvalue weighted by molar-refractivity contribution is 7.89. The SMILES string of the molecule is CCS(=O)(=O)N1CCN([C@@H](C)Cn2c(C#N)cc3c(C)c(CN4CCC(Nc5nc(C)nc6sc(CC(F)(F)F)cc56)CC4)ccc32)CC1. The minimum atomic E-state index is -4.27. The zero-order valence-electron chi connectivity index (χ0n) is 28.3. The lowest BCUT2D eigenvalue weighted by atomic mass is 10.0. The molecule has 0 unspecified atom stereocenters. The molecule has 1 atom stereocenters. The Morgan fingerprint density at radius 2 is 1.78 bits per heavy atom. The third kappa shape index (κ3) is 7.88. The molecule has 10 nitrogen and oxygen atoms in total. The molecule has 4 aromatic rings. The number of aryl methyl sites for hydroxylation is 2. The van der Waals surface area contributed by atoms with E-state index in [1.807, 2.05) is 6.07 Å². The first-order valence-electron chi connectivity index (χ1n) is 16.8. The van der Waals surface area contributed by atoms with Gasteiger partial charge >= 0.3 is 6.18 Å². The van der Waals surface area contributed by atoms with Crippen LogP contribution in [0.1, 0.15) is 54.2 Å². The molecule has 2 fully saturated rings. The maximum atomic E-state index is 13.0. The molecule has 6 rings (SSSR count). The highest BCUT2D eigenvalue weighted by Crippen LogP contribution is 2.34. The molecule has 264 valence electrons. The topological polar surface area (TPSA) is 110 Å². The first-order chi connectivity index (χ1) is 23.2. The van der Waals surface area contributed by atoms with Gasteiger partial charge in [-0.2, -0.15) is 22.7 Å². The smallest absolute Gasteiger partial charge is 0.367 e. The van der Waals surface area contributed by atoms with Crippen molar-refractivity contribution in [3.8, 4) is 6.07 Å². The van der Waals surface area contributed by atoms with Crippen LogP contribution in [0.2, 0.25) is 0 Å². The molecule has 0 spiro atoms. The van der Waals surface area contributed by atoms with Crippen molar-refractivity contribution in [1.29, 1.82) is 5.26 Å². The van der Waals surface area contributed by atoms with Crippen molar-refractivity contribution < 1.29 is 21.6 Å². The summed E-state index contributed by atoms with van der Waals surface area (Å²) in [4.78, 5) is 14.5. The van der Waals surface area contributed by atoms with E-state index >= 15 is 0 Å². The van der Waals surface area contributed by atoms with Crippen molar-refractivity contribution in [3.05, 3.63) is 51.8 Å². The van der Waals surface area contributed by atoms with Crippen molar-refractivity contribution in [2.45, 2.75) is 78.3 Å². The number of piperidine rings is 1. The second-order valence-electron chi connectivity index (χ2n) is 13.3. The van der Waals surface area contributed by atoms with Gasteiger partial charge in [0.15, 0.2) is 0 Å². The van der Waals surface area contributed by atoms with Crippen LogP contribution >= 0.6 is 11.3 Å². The van der Waals surface area contributed by atoms with E-state index in [2.05, 4.69) is 61.7 Å². The lowest BCUT2D eigenvalue weighted by Crippen LogP contribution is -2.52. The predicted octanol–water partition coefficient (Wildman–Crippen LogP) is 5.67. The molecule has 1 aromatic carbocycles. The first-order valence-corrected chi connectivity index (χ1v) is 19.2. The Kier molecular flexibility index (Phi) is 10.3. The maximum absolute atomic E-state index is 13.0. The summed E-state index contributed by atoms with van der Waals surface area (Å²) in [6.07, 6.45) is -3.49. The van der Waals surface area contributed by atoms with E-state index in [0.717, 1.165) is 60.3 Å². The van der Waals surface area contributed by atoms with E-state index in [0.29, 0.717) is 60.3 Å². The van der Waals surface area contributed by atoms with E-state index in [9.17, 15) is 26.9 Å². The van der Waals surface area contributed by atoms with E-state index < -0.39 is 22.6 Å². The number of nitrogens with one attached hydrogen (secondary N) is 1. The molecule has 0 aliphatic carbocycles. The monoisotopic (exact) mass is 716 g/mol. The number of rotatable bonds is 10. The van der Waals surface area contributed by atoms with Crippen LogP contribution < -0.4 is 5.32 Å². The molecule has 2 saturated heterocycles. The number of benzene rings is 1. The summed E-state index contributed by atoms with van der Waals surface area (Å²) < 4.78 is 67.3. The van der Waals surface area contributed by atoms with Crippen molar-refractivity contribution in [2.24, 2.45) is 0 Å². The summed E-state index contributed by atoms with van der Waals surface area (Å²) in [5.41, 5.74) is 4.01. The number of aromatic nitrogens is 3. The van der Waals surface area contributed by atoms with Crippen LogP contribution in [0.25, 0.3) is 21.1 Å². The average Bonchev–Trinajstić information content (AvgIpc) is 3.63. The largest absolute Gasteiger partial charge is 0.393 e. The average molecular weight is 717 g/mol. The maximum Gasteiger partial charge on any atom is 0.393 e. The lowest BCUT2D eigenvalue weighted by Gasteiger charge is -2.37. The van der Waals surface area contributed by atoms with Crippen LogP contribution in [0.3, 0.4) is 0 Å². The van der Waals surface area contributed by atoms with Crippen LogP contribution in [0.5, 0.6) is 0 Å². The number of hydrogen-bond acceptors (Lipinski definition) is 9. The van der Waals surface area contributed by atoms with Gasteiger partial charge in [-0.25, -0.2) is 18.4 Å². The van der Waals surface area contributed by atoms with Gasteiger partial charge in [-0.05, 0) is 69.9 Å². The molecule has 0 bridgehead atoms. The lowest BCUT2D eigenvalue weighted by molar-refractivity contribution is -0.126. The molecule has 0 amide bonds. The Morgan fingerprint density at radius 1 is 1.06 bits per heavy atom. The summed E-state index contributed by atoms with van der Waals surface area (Å²) in [7, 11) is -3.19. The Bertz CT molecular complexity index is 1970. The third-order valence-electron chi connectivity index (χ3n) is 9.94. The molecule has 2 aliphatic heterocycles. The van der Waals surface area contributed by atoms with Gasteiger partial charge in [-0.15, -0.1) is 11.3 Å². The molecule has 0 saturated carbocycles. The number of halogens is 3. The summed E-state index contributed by atoms with van der Waals surface area (Å²) >= 11 is 1.07. The molecular weight excluding hydrogens is 674 g/mol. The summed E-state index contributed by atoms with van der Waals surface area (Å²) in [5, 5.41) is 15.3. The highest BCUT2D eigenvalue weighted by Gasteiger charge is 2.30. The van der Waals surface area contributed by atoms with Gasteiger partial charge < -0.3 is 9.88 Å². The summed E-state index contributed by atoms with van der Waals surface area (Å²) in [5.74, 6) is 1.25. The van der Waals surface area contributed by atoms with Crippen molar-refractivity contribution >= 4 is 48.3 Å². The minimum absolute atomic E-state index is 0.114. The fraction of sp³-hybridized carbons (Fsp3) is 0.559. The molecule has 3 aromatic heterocycles. The van der Waals surface area contributed by atoms with E-state index in [1.165, 1.54) is 5.56 Å². The first kappa shape index (κ1) is 35.5. The molecule has 49 heavy (non-hydrogen) atoms. The van der Waals surface area contributed by atoms with Crippen LogP contribution in [0, 0.1) is 25.2 Å². The van der Waals surface area contributed by atoms with Crippen LogP contribution in [-0.2, 0) is 29.5 Å². The van der Waals surface area contributed by atoms with Crippen molar-refractivity contribution in [3.63, 3.8) is 0 Å². The highest BCUT2D eigenvalue weighted by atomic mass is 32.2. The van der Waals surface area contributed by atoms with Gasteiger partial charge in [0.25, 0.3) is 0 Å². The number of nitrogens with zero attached hydrogens (tertiary/aromatic N) is 7. The molecule has 0 radical (unpaired) electrons. The Balaban J connectivity index is 1.09. The second kappa shape index (κ2) is 14.1. The summed E-state index contributed by atoms with van der Waals surface area (Å²) in [6, 6.07) is 10.5.